The fraction of sp³-hybridized carbons (Fsp3) is 0.753. The SMILES string of the molecule is CC/C=C\C/C=C\C/C=C\C/C=C\C/C=C\CCCC(=O)OC(COC(=O)CCCCCCCCCCCCCCCCCCC)COC(=O)CCCCCCCCCCCCCCCCCC/C=C\C/C=C\C/C=C\CCCCCCC. The number of rotatable bonds is 65. The molecule has 1 unspecified atom stereocenters. The molecule has 1 atom stereocenters. The third-order valence-corrected chi connectivity index (χ3v) is 15.6. The molecule has 0 aliphatic heterocycles. The molecule has 0 aromatic rings. The number of esters is 3. The summed E-state index contributed by atoms with van der Waals surface area (Å²) in [6, 6.07) is 0. The third-order valence-electron chi connectivity index (χ3n) is 15.6. The van der Waals surface area contributed by atoms with Gasteiger partial charge in [0.15, 0.2) is 6.10 Å². The minimum Gasteiger partial charge on any atom is -0.462 e. The lowest BCUT2D eigenvalue weighted by molar-refractivity contribution is -0.167. The van der Waals surface area contributed by atoms with Crippen molar-refractivity contribution in [1.82, 2.24) is 0 Å². The van der Waals surface area contributed by atoms with Crippen LogP contribution in [0.25, 0.3) is 0 Å². The average molecular weight is 1160 g/mol. The van der Waals surface area contributed by atoms with E-state index in [0.29, 0.717) is 19.3 Å². The molecule has 0 aliphatic carbocycles. The molecule has 0 saturated heterocycles. The molecule has 0 rings (SSSR count). The molecular weight excluding hydrogens is 1020 g/mol. The second kappa shape index (κ2) is 70.8. The highest BCUT2D eigenvalue weighted by Crippen LogP contribution is 2.18. The molecule has 6 nitrogen and oxygen atoms in total. The Bertz CT molecular complexity index is 1610. The molecule has 6 heteroatoms. The number of hydrogen-bond acceptors (Lipinski definition) is 6. The van der Waals surface area contributed by atoms with E-state index in [4.69, 9.17) is 14.2 Å². The summed E-state index contributed by atoms with van der Waals surface area (Å²) in [5.74, 6) is -0.937. The number of ether oxygens (including phenoxy) is 3. The van der Waals surface area contributed by atoms with E-state index in [1.807, 2.05) is 0 Å². The lowest BCUT2D eigenvalue weighted by atomic mass is 10.0. The molecule has 0 amide bonds. The maximum absolute atomic E-state index is 12.9. The molecule has 0 aliphatic rings. The van der Waals surface area contributed by atoms with E-state index >= 15 is 0 Å². The molecule has 0 aromatic heterocycles. The molecule has 0 heterocycles. The standard InChI is InChI=1S/C77H134O6/c1-4-7-10-13-16-19-22-25-28-31-32-33-34-35-36-37-38-39-40-41-42-43-44-47-49-52-55-58-61-64-67-70-76(79)82-73-74(83-77(80)71-68-65-62-59-56-53-50-46-30-27-24-21-18-15-12-9-6-3)72-81-75(78)69-66-63-60-57-54-51-48-45-29-26-23-20-17-14-11-8-5-2/h9,12,18,21-22,25,27,30-32,34-35,50,53,59,62,74H,4-8,10-11,13-17,19-20,23-24,26,28-29,33,36-49,51-52,54-58,60-61,63-73H2,1-3H3/b12-9-,21-18-,25-22-,30-27-,32-31-,35-34-,53-50-,62-59-. The van der Waals surface area contributed by atoms with Gasteiger partial charge in [-0.25, -0.2) is 0 Å². The molecule has 0 aromatic carbocycles. The Kier molecular flexibility index (Phi) is 67.7. The molecule has 478 valence electrons. The monoisotopic (exact) mass is 1160 g/mol. The van der Waals surface area contributed by atoms with Gasteiger partial charge >= 0.3 is 17.9 Å². The van der Waals surface area contributed by atoms with Crippen molar-refractivity contribution in [2.24, 2.45) is 0 Å². The Morgan fingerprint density at radius 1 is 0.253 bits per heavy atom. The first-order valence-corrected chi connectivity index (χ1v) is 35.7. The molecule has 0 spiro atoms. The van der Waals surface area contributed by atoms with Crippen molar-refractivity contribution >= 4 is 17.9 Å². The van der Waals surface area contributed by atoms with Crippen LogP contribution in [0.2, 0.25) is 0 Å². The van der Waals surface area contributed by atoms with Crippen molar-refractivity contribution in [3.8, 4) is 0 Å². The van der Waals surface area contributed by atoms with Crippen LogP contribution in [-0.2, 0) is 28.6 Å². The lowest BCUT2D eigenvalue weighted by Crippen LogP contribution is -2.30. The maximum atomic E-state index is 12.9. The van der Waals surface area contributed by atoms with Crippen molar-refractivity contribution in [2.45, 2.75) is 361 Å². The van der Waals surface area contributed by atoms with Gasteiger partial charge in [0.25, 0.3) is 0 Å². The number of unbranched alkanes of at least 4 members (excludes halogenated alkanes) is 38. The summed E-state index contributed by atoms with van der Waals surface area (Å²) in [6.07, 6.45) is 95.9. The highest BCUT2D eigenvalue weighted by Gasteiger charge is 2.19. The Balaban J connectivity index is 4.28. The van der Waals surface area contributed by atoms with Crippen molar-refractivity contribution in [1.29, 1.82) is 0 Å². The van der Waals surface area contributed by atoms with Crippen LogP contribution in [0.3, 0.4) is 0 Å². The van der Waals surface area contributed by atoms with E-state index in [9.17, 15) is 14.4 Å². The second-order valence-corrected chi connectivity index (χ2v) is 23.8. The van der Waals surface area contributed by atoms with E-state index < -0.39 is 6.10 Å². The zero-order valence-electron chi connectivity index (χ0n) is 54.9. The third kappa shape index (κ3) is 69.0. The van der Waals surface area contributed by atoms with Crippen molar-refractivity contribution in [3.63, 3.8) is 0 Å². The minimum atomic E-state index is -0.807. The second-order valence-electron chi connectivity index (χ2n) is 23.8. The van der Waals surface area contributed by atoms with Gasteiger partial charge in [0.2, 0.25) is 0 Å². The molecular formula is C77H134O6. The Labute approximate surface area is 515 Å². The van der Waals surface area contributed by atoms with Gasteiger partial charge in [-0.3, -0.25) is 14.4 Å². The van der Waals surface area contributed by atoms with Crippen LogP contribution in [0.5, 0.6) is 0 Å². The van der Waals surface area contributed by atoms with Gasteiger partial charge in [-0.1, -0.05) is 336 Å². The fourth-order valence-electron chi connectivity index (χ4n) is 10.3. The van der Waals surface area contributed by atoms with Crippen LogP contribution < -0.4 is 0 Å². The quantitative estimate of drug-likeness (QED) is 0.0261. The van der Waals surface area contributed by atoms with Crippen LogP contribution in [-0.4, -0.2) is 37.2 Å². The summed E-state index contributed by atoms with van der Waals surface area (Å²) >= 11 is 0. The summed E-state index contributed by atoms with van der Waals surface area (Å²) < 4.78 is 16.9. The van der Waals surface area contributed by atoms with Crippen molar-refractivity contribution in [2.75, 3.05) is 13.2 Å². The van der Waals surface area contributed by atoms with Crippen molar-refractivity contribution in [3.05, 3.63) is 97.2 Å². The zero-order chi connectivity index (χ0) is 59.9. The highest BCUT2D eigenvalue weighted by atomic mass is 16.6. The first kappa shape index (κ1) is 79.3. The van der Waals surface area contributed by atoms with Gasteiger partial charge < -0.3 is 14.2 Å². The minimum absolute atomic E-state index is 0.0961. The predicted molar refractivity (Wildman–Crippen MR) is 362 cm³/mol. The summed E-state index contributed by atoms with van der Waals surface area (Å²) in [5.41, 5.74) is 0. The van der Waals surface area contributed by atoms with Gasteiger partial charge in [0, 0.05) is 19.3 Å². The predicted octanol–water partition coefficient (Wildman–Crippen LogP) is 24.8. The van der Waals surface area contributed by atoms with Crippen LogP contribution >= 0.6 is 0 Å². The number of carbonyl (C=O) groups excluding carboxylic acids is 3. The highest BCUT2D eigenvalue weighted by molar-refractivity contribution is 5.71. The van der Waals surface area contributed by atoms with Gasteiger partial charge in [0.05, 0.1) is 0 Å². The summed E-state index contributed by atoms with van der Waals surface area (Å²) in [7, 11) is 0. The van der Waals surface area contributed by atoms with Gasteiger partial charge in [-0.15, -0.1) is 0 Å². The van der Waals surface area contributed by atoms with E-state index in [-0.39, 0.29) is 37.5 Å². The topological polar surface area (TPSA) is 78.9 Å². The molecule has 0 N–H and O–H groups in total. The van der Waals surface area contributed by atoms with Crippen LogP contribution in [0.1, 0.15) is 355 Å². The maximum Gasteiger partial charge on any atom is 0.306 e. The van der Waals surface area contributed by atoms with E-state index in [1.165, 1.54) is 218 Å². The van der Waals surface area contributed by atoms with Gasteiger partial charge in [-0.2, -0.15) is 0 Å². The zero-order valence-corrected chi connectivity index (χ0v) is 54.9. The lowest BCUT2D eigenvalue weighted by Gasteiger charge is -2.18. The molecule has 83 heavy (non-hydrogen) atoms. The smallest absolute Gasteiger partial charge is 0.306 e. The van der Waals surface area contributed by atoms with Crippen LogP contribution in [0.15, 0.2) is 97.2 Å². The van der Waals surface area contributed by atoms with E-state index in [0.717, 1.165) is 89.9 Å². The normalized spacial score (nSPS) is 12.7. The van der Waals surface area contributed by atoms with Crippen LogP contribution in [0.4, 0.5) is 0 Å². The molecule has 0 radical (unpaired) electrons. The first-order chi connectivity index (χ1) is 41.0. The largest absolute Gasteiger partial charge is 0.462 e. The van der Waals surface area contributed by atoms with Gasteiger partial charge in [0.1, 0.15) is 13.2 Å². The Hall–Kier alpha value is -3.67. The average Bonchev–Trinajstić information content (AvgIpc) is 3.50. The first-order valence-electron chi connectivity index (χ1n) is 35.7. The van der Waals surface area contributed by atoms with E-state index in [2.05, 4.69) is 118 Å². The summed E-state index contributed by atoms with van der Waals surface area (Å²) in [4.78, 5) is 38.4. The van der Waals surface area contributed by atoms with E-state index in [1.54, 1.807) is 0 Å². The molecule has 0 fully saturated rings. The molecule has 0 bridgehead atoms. The number of carbonyl (C=O) groups is 3. The number of allylic oxidation sites excluding steroid dienone is 16. The Morgan fingerprint density at radius 2 is 0.482 bits per heavy atom. The molecule has 0 saturated carbocycles. The number of hydrogen-bond donors (Lipinski definition) is 0. The Morgan fingerprint density at radius 3 is 0.771 bits per heavy atom. The van der Waals surface area contributed by atoms with Crippen molar-refractivity contribution < 1.29 is 28.6 Å². The fourth-order valence-corrected chi connectivity index (χ4v) is 10.3. The van der Waals surface area contributed by atoms with Gasteiger partial charge in [-0.05, 0) is 96.3 Å². The van der Waals surface area contributed by atoms with Crippen LogP contribution in [0, 0.1) is 0 Å². The summed E-state index contributed by atoms with van der Waals surface area (Å²) in [6.45, 7) is 6.52. The summed E-state index contributed by atoms with van der Waals surface area (Å²) in [5, 5.41) is 0.